The van der Waals surface area contributed by atoms with Crippen molar-refractivity contribution >= 4 is 34.0 Å². The molecule has 262 valence electrons. The number of rotatable bonds is 9. The predicted molar refractivity (Wildman–Crippen MR) is 185 cm³/mol. The fraction of sp³-hybridized carbons (Fsp3) is 0.297. The number of carbonyl (C=O) groups excluding carboxylic acids is 2. The molecule has 11 nitrogen and oxygen atoms in total. The molecule has 0 aliphatic carbocycles. The Labute approximate surface area is 291 Å². The summed E-state index contributed by atoms with van der Waals surface area (Å²) in [5.74, 6) is 0.410. The van der Waals surface area contributed by atoms with Gasteiger partial charge in [0.05, 0.1) is 24.1 Å². The average molecular weight is 697 g/mol. The summed E-state index contributed by atoms with van der Waals surface area (Å²) in [6.45, 7) is 2.32. The highest BCUT2D eigenvalue weighted by atomic mass is 19.4. The molecule has 2 aliphatic heterocycles. The Hall–Kier alpha value is -5.47. The number of nitrogens with one attached hydrogen (secondary N) is 2. The van der Waals surface area contributed by atoms with Gasteiger partial charge in [-0.1, -0.05) is 30.3 Å². The summed E-state index contributed by atoms with van der Waals surface area (Å²) in [6.07, 6.45) is 3.24. The summed E-state index contributed by atoms with van der Waals surface area (Å²) in [6, 6.07) is 17.4. The fourth-order valence-electron chi connectivity index (χ4n) is 6.78. The lowest BCUT2D eigenvalue weighted by Crippen LogP contribution is -2.45. The van der Waals surface area contributed by atoms with Crippen molar-refractivity contribution in [2.75, 3.05) is 51.8 Å². The van der Waals surface area contributed by atoms with Gasteiger partial charge >= 0.3 is 6.18 Å². The minimum absolute atomic E-state index is 0.00164. The van der Waals surface area contributed by atoms with Crippen LogP contribution in [-0.4, -0.2) is 93.2 Å². The molecular weight excluding hydrogens is 661 g/mol. The molecule has 5 heterocycles. The first-order chi connectivity index (χ1) is 24.6. The Kier molecular flexibility index (Phi) is 9.36. The van der Waals surface area contributed by atoms with Crippen LogP contribution in [0, 0.1) is 5.41 Å². The number of ether oxygens (including phenoxy) is 1. The van der Waals surface area contributed by atoms with Crippen LogP contribution < -0.4 is 5.32 Å². The molecule has 2 N–H and O–H groups in total. The standard InChI is InChI=1S/C37H35F3N8O3/c1-51-23-36(35(50)44-28-7-8-30-29(20-28)33(46-45-30)27-9-15-41-31(19-27)37(38,39)40)12-18-47(22-36)21-32(49)48-16-10-25(11-17-48)24-3-5-26(6-4-24)34-42-13-2-14-43-34/h2-10,13-15,19-20H,11-12,16-18,21-23H2,1H3,(H,44,50)(H,45,46). The molecule has 0 spiro atoms. The van der Waals surface area contributed by atoms with E-state index in [0.717, 1.165) is 29.8 Å². The van der Waals surface area contributed by atoms with Crippen molar-refractivity contribution < 1.29 is 27.5 Å². The van der Waals surface area contributed by atoms with E-state index < -0.39 is 17.3 Å². The number of halogens is 3. The summed E-state index contributed by atoms with van der Waals surface area (Å²) >= 11 is 0. The lowest BCUT2D eigenvalue weighted by molar-refractivity contribution is -0.141. The van der Waals surface area contributed by atoms with E-state index in [1.165, 1.54) is 18.7 Å². The monoisotopic (exact) mass is 696 g/mol. The number of anilines is 1. The molecule has 2 aromatic carbocycles. The third-order valence-corrected chi connectivity index (χ3v) is 9.48. The molecule has 0 saturated carbocycles. The summed E-state index contributed by atoms with van der Waals surface area (Å²) in [7, 11) is 1.54. The average Bonchev–Trinajstić information content (AvgIpc) is 3.76. The Morgan fingerprint density at radius 1 is 0.961 bits per heavy atom. The largest absolute Gasteiger partial charge is 0.433 e. The molecule has 14 heteroatoms. The van der Waals surface area contributed by atoms with E-state index in [4.69, 9.17) is 4.74 Å². The SMILES string of the molecule is COCC1(C(=O)Nc2ccc3[nH]nc(-c4ccnc(C(F)(F)F)c4)c3c2)CCN(CC(=O)N2CC=C(c3ccc(-c4ncccn4)cc3)CC2)C1. The predicted octanol–water partition coefficient (Wildman–Crippen LogP) is 5.69. The van der Waals surface area contributed by atoms with Crippen LogP contribution >= 0.6 is 0 Å². The number of H-pyrrole nitrogens is 1. The molecule has 1 atom stereocenters. The summed E-state index contributed by atoms with van der Waals surface area (Å²) in [5, 5.41) is 10.6. The van der Waals surface area contributed by atoms with E-state index in [9.17, 15) is 22.8 Å². The van der Waals surface area contributed by atoms with Crippen LogP contribution in [0.4, 0.5) is 18.9 Å². The van der Waals surface area contributed by atoms with Crippen LogP contribution in [0.1, 0.15) is 24.1 Å². The van der Waals surface area contributed by atoms with Crippen molar-refractivity contribution in [3.05, 3.63) is 96.6 Å². The number of fused-ring (bicyclic) bond motifs is 1. The Morgan fingerprint density at radius 2 is 1.75 bits per heavy atom. The first-order valence-corrected chi connectivity index (χ1v) is 16.5. The lowest BCUT2D eigenvalue weighted by Gasteiger charge is -2.30. The number of likely N-dealkylation sites (tertiary alicyclic amines) is 1. The number of benzene rings is 2. The number of methoxy groups -OCH3 is 1. The molecule has 0 radical (unpaired) electrons. The highest BCUT2D eigenvalue weighted by Gasteiger charge is 2.45. The number of alkyl halides is 3. The van der Waals surface area contributed by atoms with E-state index in [1.54, 1.807) is 36.7 Å². The van der Waals surface area contributed by atoms with Gasteiger partial charge in [0.1, 0.15) is 11.4 Å². The highest BCUT2D eigenvalue weighted by molar-refractivity contribution is 6.00. The van der Waals surface area contributed by atoms with Gasteiger partial charge in [-0.05, 0) is 66.9 Å². The second-order valence-corrected chi connectivity index (χ2v) is 12.9. The van der Waals surface area contributed by atoms with Crippen LogP contribution in [-0.2, 0) is 20.5 Å². The molecule has 1 unspecified atom stereocenters. The molecule has 2 amide bonds. The number of amides is 2. The van der Waals surface area contributed by atoms with Crippen molar-refractivity contribution in [1.82, 2.24) is 34.9 Å². The molecule has 0 bridgehead atoms. The van der Waals surface area contributed by atoms with Crippen LogP contribution in [0.5, 0.6) is 0 Å². The number of pyridine rings is 1. The van der Waals surface area contributed by atoms with Gasteiger partial charge in [0.15, 0.2) is 5.82 Å². The summed E-state index contributed by atoms with van der Waals surface area (Å²) < 4.78 is 45.5. The zero-order valence-corrected chi connectivity index (χ0v) is 27.8. The molecule has 2 aliphatic rings. The maximum atomic E-state index is 13.8. The Balaban J connectivity index is 0.985. The minimum atomic E-state index is -4.60. The van der Waals surface area contributed by atoms with Gasteiger partial charge in [0.25, 0.3) is 0 Å². The van der Waals surface area contributed by atoms with Crippen molar-refractivity contribution in [2.45, 2.75) is 19.0 Å². The first-order valence-electron chi connectivity index (χ1n) is 16.5. The topological polar surface area (TPSA) is 129 Å². The number of aromatic nitrogens is 5. The van der Waals surface area contributed by atoms with Gasteiger partial charge in [-0.15, -0.1) is 0 Å². The highest BCUT2D eigenvalue weighted by Crippen LogP contribution is 2.36. The van der Waals surface area contributed by atoms with Gasteiger partial charge in [0.2, 0.25) is 11.8 Å². The van der Waals surface area contributed by atoms with E-state index in [0.29, 0.717) is 60.7 Å². The minimum Gasteiger partial charge on any atom is -0.384 e. The van der Waals surface area contributed by atoms with Gasteiger partial charge in [-0.2, -0.15) is 18.3 Å². The fourth-order valence-corrected chi connectivity index (χ4v) is 6.78. The number of carbonyl (C=O) groups is 2. The van der Waals surface area contributed by atoms with Gasteiger partial charge in [-0.3, -0.25) is 24.6 Å². The van der Waals surface area contributed by atoms with Crippen molar-refractivity contribution in [1.29, 1.82) is 0 Å². The molecule has 51 heavy (non-hydrogen) atoms. The molecule has 1 saturated heterocycles. The molecular formula is C37H35F3N8O3. The number of hydrogen-bond donors (Lipinski definition) is 2. The van der Waals surface area contributed by atoms with Crippen LogP contribution in [0.25, 0.3) is 39.1 Å². The Bertz CT molecular complexity index is 2080. The zero-order valence-electron chi connectivity index (χ0n) is 27.8. The lowest BCUT2D eigenvalue weighted by atomic mass is 9.87. The molecule has 1 fully saturated rings. The van der Waals surface area contributed by atoms with Crippen LogP contribution in [0.3, 0.4) is 0 Å². The van der Waals surface area contributed by atoms with E-state index in [1.807, 2.05) is 21.9 Å². The maximum Gasteiger partial charge on any atom is 0.433 e. The van der Waals surface area contributed by atoms with Crippen molar-refractivity contribution in [3.63, 3.8) is 0 Å². The van der Waals surface area contributed by atoms with E-state index in [2.05, 4.69) is 48.7 Å². The summed E-state index contributed by atoms with van der Waals surface area (Å²) in [5.41, 5.74) is 2.92. The van der Waals surface area contributed by atoms with Crippen molar-refractivity contribution in [2.24, 2.45) is 5.41 Å². The van der Waals surface area contributed by atoms with Crippen LogP contribution in [0.2, 0.25) is 0 Å². The third-order valence-electron chi connectivity index (χ3n) is 9.48. The van der Waals surface area contributed by atoms with E-state index >= 15 is 0 Å². The number of hydrogen-bond acceptors (Lipinski definition) is 8. The smallest absolute Gasteiger partial charge is 0.384 e. The second kappa shape index (κ2) is 14.0. The first kappa shape index (κ1) is 34.0. The zero-order chi connectivity index (χ0) is 35.6. The quantitative estimate of drug-likeness (QED) is 0.201. The van der Waals surface area contributed by atoms with Gasteiger partial charge < -0.3 is 15.0 Å². The van der Waals surface area contributed by atoms with E-state index in [-0.39, 0.29) is 30.5 Å². The van der Waals surface area contributed by atoms with Crippen molar-refractivity contribution in [3.8, 4) is 22.6 Å². The molecule has 5 aromatic rings. The Morgan fingerprint density at radius 3 is 2.47 bits per heavy atom. The van der Waals surface area contributed by atoms with Gasteiger partial charge in [0, 0.05) is 67.5 Å². The molecule has 7 rings (SSSR count). The normalized spacial score (nSPS) is 18.2. The number of nitrogens with zero attached hydrogens (tertiary/aromatic N) is 6. The third kappa shape index (κ3) is 7.23. The maximum absolute atomic E-state index is 13.8. The number of aromatic amines is 1. The second-order valence-electron chi connectivity index (χ2n) is 12.9. The molecule has 3 aromatic heterocycles. The van der Waals surface area contributed by atoms with Gasteiger partial charge in [-0.25, -0.2) is 9.97 Å². The van der Waals surface area contributed by atoms with Crippen LogP contribution in [0.15, 0.2) is 85.3 Å². The summed E-state index contributed by atoms with van der Waals surface area (Å²) in [4.78, 5) is 43.1.